The van der Waals surface area contributed by atoms with Crippen molar-refractivity contribution in [2.24, 2.45) is 0 Å². The maximum atomic E-state index is 12.0. The van der Waals surface area contributed by atoms with Gasteiger partial charge in [0.1, 0.15) is 0 Å². The molecule has 0 bridgehead atoms. The number of hydrogen-bond acceptors (Lipinski definition) is 4. The fourth-order valence-corrected chi connectivity index (χ4v) is 2.90. The first-order valence-electron chi connectivity index (χ1n) is 7.57. The number of aromatic amines is 1. The van der Waals surface area contributed by atoms with Crippen molar-refractivity contribution in [1.82, 2.24) is 15.3 Å². The highest BCUT2D eigenvalue weighted by Crippen LogP contribution is 2.11. The van der Waals surface area contributed by atoms with E-state index in [2.05, 4.69) is 27.4 Å². The Morgan fingerprint density at radius 3 is 2.78 bits per heavy atom. The third kappa shape index (κ3) is 6.28. The van der Waals surface area contributed by atoms with Crippen LogP contribution in [0.3, 0.4) is 0 Å². The molecule has 1 atom stereocenters. The summed E-state index contributed by atoms with van der Waals surface area (Å²) in [6.45, 7) is 3.75. The topological polar surface area (TPSA) is 74.8 Å². The zero-order valence-corrected chi connectivity index (χ0v) is 14.2. The monoisotopic (exact) mass is 331 g/mol. The van der Waals surface area contributed by atoms with Crippen molar-refractivity contribution in [2.75, 3.05) is 5.75 Å². The molecule has 0 unspecified atom stereocenters. The van der Waals surface area contributed by atoms with Crippen LogP contribution in [0.4, 0.5) is 0 Å². The number of amides is 1. The quantitative estimate of drug-likeness (QED) is 0.603. The molecular weight excluding hydrogens is 310 g/mol. The minimum absolute atomic E-state index is 0.0558. The number of nitrogens with zero attached hydrogens (tertiary/aromatic N) is 1. The van der Waals surface area contributed by atoms with Gasteiger partial charge in [0, 0.05) is 17.8 Å². The van der Waals surface area contributed by atoms with Crippen molar-refractivity contribution in [1.29, 1.82) is 0 Å². The lowest BCUT2D eigenvalue weighted by molar-refractivity contribution is -0.119. The number of H-pyrrole nitrogens is 1. The predicted molar refractivity (Wildman–Crippen MR) is 92.7 cm³/mol. The van der Waals surface area contributed by atoms with Gasteiger partial charge in [-0.3, -0.25) is 9.59 Å². The number of hydrogen-bond donors (Lipinski definition) is 2. The summed E-state index contributed by atoms with van der Waals surface area (Å²) in [5.41, 5.74) is 1.72. The van der Waals surface area contributed by atoms with E-state index in [4.69, 9.17) is 0 Å². The Bertz CT molecular complexity index is 700. The SMILES string of the molecule is Cc1cc(=O)[nH]c(SCC(=O)N[C@@H](C)CCc2ccccc2)n1. The van der Waals surface area contributed by atoms with Crippen LogP contribution in [0.2, 0.25) is 0 Å². The largest absolute Gasteiger partial charge is 0.353 e. The second-order valence-electron chi connectivity index (χ2n) is 5.47. The first-order chi connectivity index (χ1) is 11.0. The molecule has 0 radical (unpaired) electrons. The number of nitrogens with one attached hydrogen (secondary N) is 2. The van der Waals surface area contributed by atoms with Crippen molar-refractivity contribution in [2.45, 2.75) is 37.9 Å². The molecule has 0 aliphatic heterocycles. The molecule has 1 amide bonds. The Morgan fingerprint density at radius 1 is 1.35 bits per heavy atom. The van der Waals surface area contributed by atoms with Gasteiger partial charge in [-0.25, -0.2) is 4.98 Å². The molecular formula is C17H21N3O2S. The third-order valence-corrected chi connectivity index (χ3v) is 4.18. The van der Waals surface area contributed by atoms with Crippen LogP contribution in [0.5, 0.6) is 0 Å². The zero-order chi connectivity index (χ0) is 16.7. The second-order valence-corrected chi connectivity index (χ2v) is 6.44. The van der Waals surface area contributed by atoms with Crippen LogP contribution >= 0.6 is 11.8 Å². The van der Waals surface area contributed by atoms with E-state index in [-0.39, 0.29) is 23.3 Å². The number of aryl methyl sites for hydroxylation is 2. The van der Waals surface area contributed by atoms with E-state index < -0.39 is 0 Å². The molecule has 1 heterocycles. The average Bonchev–Trinajstić information content (AvgIpc) is 2.51. The van der Waals surface area contributed by atoms with Gasteiger partial charge in [0.25, 0.3) is 5.56 Å². The molecule has 0 saturated heterocycles. The van der Waals surface area contributed by atoms with Gasteiger partial charge in [0.05, 0.1) is 5.75 Å². The summed E-state index contributed by atoms with van der Waals surface area (Å²) < 4.78 is 0. The first-order valence-corrected chi connectivity index (χ1v) is 8.55. The molecule has 0 fully saturated rings. The van der Waals surface area contributed by atoms with Crippen LogP contribution in [0.1, 0.15) is 24.6 Å². The second kappa shape index (κ2) is 8.53. The van der Waals surface area contributed by atoms with E-state index in [9.17, 15) is 9.59 Å². The van der Waals surface area contributed by atoms with Crippen molar-refractivity contribution in [3.63, 3.8) is 0 Å². The van der Waals surface area contributed by atoms with Crippen LogP contribution in [0, 0.1) is 6.92 Å². The normalized spacial score (nSPS) is 11.9. The molecule has 1 aromatic heterocycles. The van der Waals surface area contributed by atoms with E-state index >= 15 is 0 Å². The molecule has 0 saturated carbocycles. The predicted octanol–water partition coefficient (Wildman–Crippen LogP) is 2.31. The van der Waals surface area contributed by atoms with E-state index in [0.717, 1.165) is 12.8 Å². The molecule has 23 heavy (non-hydrogen) atoms. The van der Waals surface area contributed by atoms with Gasteiger partial charge in [0.15, 0.2) is 5.16 Å². The smallest absolute Gasteiger partial charge is 0.251 e. The lowest BCUT2D eigenvalue weighted by atomic mass is 10.1. The third-order valence-electron chi connectivity index (χ3n) is 3.30. The Morgan fingerprint density at radius 2 is 2.09 bits per heavy atom. The summed E-state index contributed by atoms with van der Waals surface area (Å²) in [6, 6.07) is 11.7. The molecule has 0 spiro atoms. The molecule has 2 N–H and O–H groups in total. The van der Waals surface area contributed by atoms with Gasteiger partial charge >= 0.3 is 0 Å². The van der Waals surface area contributed by atoms with Gasteiger partial charge < -0.3 is 10.3 Å². The van der Waals surface area contributed by atoms with Crippen LogP contribution in [-0.2, 0) is 11.2 Å². The van der Waals surface area contributed by atoms with E-state index in [1.165, 1.54) is 23.4 Å². The van der Waals surface area contributed by atoms with Crippen molar-refractivity contribution < 1.29 is 4.79 Å². The van der Waals surface area contributed by atoms with Crippen LogP contribution in [0.25, 0.3) is 0 Å². The highest BCUT2D eigenvalue weighted by atomic mass is 32.2. The molecule has 2 rings (SSSR count). The van der Waals surface area contributed by atoms with Gasteiger partial charge in [-0.1, -0.05) is 42.1 Å². The van der Waals surface area contributed by atoms with E-state index in [0.29, 0.717) is 10.9 Å². The van der Waals surface area contributed by atoms with Crippen molar-refractivity contribution in [3.05, 3.63) is 58.0 Å². The molecule has 0 aliphatic rings. The van der Waals surface area contributed by atoms with Gasteiger partial charge in [0.2, 0.25) is 5.91 Å². The maximum absolute atomic E-state index is 12.0. The average molecular weight is 331 g/mol. The lowest BCUT2D eigenvalue weighted by Crippen LogP contribution is -2.34. The summed E-state index contributed by atoms with van der Waals surface area (Å²) in [4.78, 5) is 30.1. The minimum atomic E-state index is -0.198. The summed E-state index contributed by atoms with van der Waals surface area (Å²) in [7, 11) is 0. The fourth-order valence-electron chi connectivity index (χ4n) is 2.17. The Labute approximate surface area is 139 Å². The molecule has 0 aliphatic carbocycles. The zero-order valence-electron chi connectivity index (χ0n) is 13.3. The minimum Gasteiger partial charge on any atom is -0.353 e. The number of aromatic nitrogens is 2. The number of thioether (sulfide) groups is 1. The van der Waals surface area contributed by atoms with Gasteiger partial charge in [-0.15, -0.1) is 0 Å². The van der Waals surface area contributed by atoms with E-state index in [1.54, 1.807) is 6.92 Å². The molecule has 1 aromatic carbocycles. The standard InChI is InChI=1S/C17H21N3O2S/c1-12(8-9-14-6-4-3-5-7-14)18-16(22)11-23-17-19-13(2)10-15(21)20-17/h3-7,10,12H,8-9,11H2,1-2H3,(H,18,22)(H,19,20,21)/t12-/m0/s1. The van der Waals surface area contributed by atoms with Crippen molar-refractivity contribution in [3.8, 4) is 0 Å². The van der Waals surface area contributed by atoms with Crippen LogP contribution in [0.15, 0.2) is 46.3 Å². The van der Waals surface area contributed by atoms with Crippen molar-refractivity contribution >= 4 is 17.7 Å². The van der Waals surface area contributed by atoms with E-state index in [1.807, 2.05) is 25.1 Å². The Kier molecular flexibility index (Phi) is 6.40. The van der Waals surface area contributed by atoms with Crippen LogP contribution in [-0.4, -0.2) is 27.7 Å². The number of rotatable bonds is 7. The summed E-state index contributed by atoms with van der Waals surface area (Å²) in [6.07, 6.45) is 1.82. The van der Waals surface area contributed by atoms with Gasteiger partial charge in [-0.2, -0.15) is 0 Å². The van der Waals surface area contributed by atoms with Crippen LogP contribution < -0.4 is 10.9 Å². The highest BCUT2D eigenvalue weighted by molar-refractivity contribution is 7.99. The summed E-state index contributed by atoms with van der Waals surface area (Å²) >= 11 is 1.23. The fraction of sp³-hybridized carbons (Fsp3) is 0.353. The maximum Gasteiger partial charge on any atom is 0.251 e. The number of benzene rings is 1. The summed E-state index contributed by atoms with van der Waals surface area (Å²) in [5, 5.41) is 3.44. The Balaban J connectivity index is 1.74. The number of carbonyl (C=O) groups excluding carboxylic acids is 1. The lowest BCUT2D eigenvalue weighted by Gasteiger charge is -2.13. The van der Waals surface area contributed by atoms with Gasteiger partial charge in [-0.05, 0) is 32.3 Å². The Hall–Kier alpha value is -2.08. The molecule has 6 heteroatoms. The molecule has 2 aromatic rings. The molecule has 5 nitrogen and oxygen atoms in total. The molecule has 122 valence electrons. The summed E-state index contributed by atoms with van der Waals surface area (Å²) in [5.74, 6) is 0.182. The highest BCUT2D eigenvalue weighted by Gasteiger charge is 2.09. The number of carbonyl (C=O) groups is 1. The first kappa shape index (κ1) is 17.3.